The van der Waals surface area contributed by atoms with Crippen LogP contribution in [0.5, 0.6) is 0 Å². The van der Waals surface area contributed by atoms with Crippen molar-refractivity contribution in [1.29, 1.82) is 0 Å². The second kappa shape index (κ2) is 4.55. The minimum absolute atomic E-state index is 0.0177. The van der Waals surface area contributed by atoms with Crippen molar-refractivity contribution < 1.29 is 4.79 Å². The Morgan fingerprint density at radius 1 is 1.22 bits per heavy atom. The van der Waals surface area contributed by atoms with E-state index in [9.17, 15) is 4.79 Å². The molecule has 23 heavy (non-hydrogen) atoms. The highest BCUT2D eigenvalue weighted by molar-refractivity contribution is 6.33. The lowest BCUT2D eigenvalue weighted by molar-refractivity contribution is 0.0840. The molecule has 0 bridgehead atoms. The van der Waals surface area contributed by atoms with Gasteiger partial charge in [0, 0.05) is 12.1 Å². The molecule has 6 heteroatoms. The summed E-state index contributed by atoms with van der Waals surface area (Å²) in [6.07, 6.45) is 5.99. The molecule has 0 fully saturated rings. The predicted octanol–water partition coefficient (Wildman–Crippen LogP) is 3.21. The summed E-state index contributed by atoms with van der Waals surface area (Å²) in [6, 6.07) is 8.22. The molecule has 2 atom stereocenters. The Hall–Kier alpha value is -2.40. The normalized spacial score (nSPS) is 21.9. The first-order valence-corrected chi connectivity index (χ1v) is 8.00. The second-order valence-corrected chi connectivity index (χ2v) is 6.45. The summed E-state index contributed by atoms with van der Waals surface area (Å²) in [4.78, 5) is 17.3. The Labute approximate surface area is 137 Å². The zero-order valence-corrected chi connectivity index (χ0v) is 12.9. The highest BCUT2D eigenvalue weighted by atomic mass is 35.5. The highest BCUT2D eigenvalue weighted by Crippen LogP contribution is 2.45. The van der Waals surface area contributed by atoms with Gasteiger partial charge in [-0.05, 0) is 12.0 Å². The van der Waals surface area contributed by atoms with Gasteiger partial charge < -0.3 is 4.57 Å². The number of fused-ring (bicyclic) bond motifs is 4. The van der Waals surface area contributed by atoms with Crippen LogP contribution in [-0.4, -0.2) is 25.1 Å². The molecule has 0 N–H and O–H groups in total. The summed E-state index contributed by atoms with van der Waals surface area (Å²) in [6.45, 7) is 0.709. The minimum Gasteiger partial charge on any atom is -0.322 e. The van der Waals surface area contributed by atoms with Crippen molar-refractivity contribution in [2.24, 2.45) is 5.92 Å². The van der Waals surface area contributed by atoms with Crippen molar-refractivity contribution in [3.8, 4) is 11.3 Å². The van der Waals surface area contributed by atoms with Crippen LogP contribution < -0.4 is 0 Å². The van der Waals surface area contributed by atoms with Crippen LogP contribution in [0, 0.1) is 5.92 Å². The number of carbonyl (C=O) groups excluding carboxylic acids is 1. The highest BCUT2D eigenvalue weighted by Gasteiger charge is 2.41. The Kier molecular flexibility index (Phi) is 2.59. The van der Waals surface area contributed by atoms with E-state index in [0.29, 0.717) is 17.3 Å². The third kappa shape index (κ3) is 1.65. The summed E-state index contributed by atoms with van der Waals surface area (Å²) in [5.41, 5.74) is 3.96. The topological polar surface area (TPSA) is 52.7 Å². The molecule has 5 nitrogen and oxygen atoms in total. The van der Waals surface area contributed by atoms with Crippen molar-refractivity contribution in [3.63, 3.8) is 0 Å². The maximum absolute atomic E-state index is 13.0. The van der Waals surface area contributed by atoms with Crippen molar-refractivity contribution >= 4 is 17.4 Å². The number of aryl methyl sites for hydroxylation is 1. The van der Waals surface area contributed by atoms with Gasteiger partial charge in [0.15, 0.2) is 5.78 Å². The lowest BCUT2D eigenvalue weighted by Gasteiger charge is -2.28. The van der Waals surface area contributed by atoms with Gasteiger partial charge in [-0.3, -0.25) is 9.48 Å². The number of rotatable bonds is 1. The van der Waals surface area contributed by atoms with E-state index in [1.54, 1.807) is 10.9 Å². The molecule has 4 heterocycles. The van der Waals surface area contributed by atoms with Crippen LogP contribution in [0.1, 0.15) is 28.5 Å². The first kappa shape index (κ1) is 13.1. The third-order valence-electron chi connectivity index (χ3n) is 4.92. The Balaban J connectivity index is 1.66. The van der Waals surface area contributed by atoms with Crippen molar-refractivity contribution in [2.75, 3.05) is 0 Å². The molecule has 0 saturated heterocycles. The number of nitrogens with zero attached hydrogens (tertiary/aromatic N) is 4. The number of imidazole rings is 1. The fraction of sp³-hybridized carbons (Fsp3) is 0.235. The molecule has 1 aromatic carbocycles. The van der Waals surface area contributed by atoms with E-state index in [2.05, 4.69) is 26.8 Å². The van der Waals surface area contributed by atoms with Gasteiger partial charge in [-0.1, -0.05) is 35.9 Å². The number of aromatic nitrogens is 4. The van der Waals surface area contributed by atoms with Gasteiger partial charge in [-0.25, -0.2) is 4.98 Å². The van der Waals surface area contributed by atoms with Crippen LogP contribution in [0.25, 0.3) is 11.3 Å². The molecule has 2 aliphatic heterocycles. The van der Waals surface area contributed by atoms with E-state index < -0.39 is 0 Å². The average molecular weight is 325 g/mol. The quantitative estimate of drug-likeness (QED) is 0.690. The number of carbonyl (C=O) groups is 1. The summed E-state index contributed by atoms with van der Waals surface area (Å²) in [5, 5.41) is 4.63. The van der Waals surface area contributed by atoms with Crippen LogP contribution in [0.4, 0.5) is 0 Å². The lowest BCUT2D eigenvalue weighted by Crippen LogP contribution is -2.33. The Morgan fingerprint density at radius 3 is 3.00 bits per heavy atom. The summed E-state index contributed by atoms with van der Waals surface area (Å²) < 4.78 is 3.84. The van der Waals surface area contributed by atoms with Gasteiger partial charge in [0.1, 0.15) is 5.69 Å². The summed E-state index contributed by atoms with van der Waals surface area (Å²) in [5.74, 6) is -0.0756. The molecule has 0 unspecified atom stereocenters. The Morgan fingerprint density at radius 2 is 2.09 bits per heavy atom. The smallest absolute Gasteiger partial charge is 0.187 e. The van der Waals surface area contributed by atoms with E-state index in [1.165, 1.54) is 5.56 Å². The maximum atomic E-state index is 13.0. The van der Waals surface area contributed by atoms with Gasteiger partial charge in [-0.15, -0.1) is 0 Å². The van der Waals surface area contributed by atoms with Crippen LogP contribution in [0.3, 0.4) is 0 Å². The molecule has 0 aliphatic carbocycles. The van der Waals surface area contributed by atoms with Gasteiger partial charge >= 0.3 is 0 Å². The molecule has 0 radical (unpaired) electrons. The molecule has 0 saturated carbocycles. The monoisotopic (exact) mass is 324 g/mol. The Bertz CT molecular complexity index is 942. The molecule has 2 aliphatic rings. The number of hydrogen-bond acceptors (Lipinski definition) is 3. The van der Waals surface area contributed by atoms with Crippen LogP contribution in [0.2, 0.25) is 5.02 Å². The number of benzene rings is 1. The predicted molar refractivity (Wildman–Crippen MR) is 85.5 cm³/mol. The van der Waals surface area contributed by atoms with E-state index in [1.807, 2.05) is 24.7 Å². The van der Waals surface area contributed by atoms with Crippen molar-refractivity contribution in [1.82, 2.24) is 19.3 Å². The van der Waals surface area contributed by atoms with E-state index in [4.69, 9.17) is 11.6 Å². The third-order valence-corrected chi connectivity index (χ3v) is 5.20. The summed E-state index contributed by atoms with van der Waals surface area (Å²) >= 11 is 6.18. The van der Waals surface area contributed by atoms with Gasteiger partial charge in [0.2, 0.25) is 0 Å². The molecule has 0 amide bonds. The number of halogens is 1. The van der Waals surface area contributed by atoms with Crippen molar-refractivity contribution in [2.45, 2.75) is 19.0 Å². The van der Waals surface area contributed by atoms with Gasteiger partial charge in [0.05, 0.1) is 41.4 Å². The molecule has 114 valence electrons. The van der Waals surface area contributed by atoms with Crippen LogP contribution in [-0.2, 0) is 6.54 Å². The average Bonchev–Trinajstić information content (AvgIpc) is 3.23. The minimum atomic E-state index is -0.145. The SMILES string of the molecule is O=C1c2c(Cl)cnn2CC[C@H]1[C@H]1c2ccccc2-c2cncn21. The van der Waals surface area contributed by atoms with Crippen LogP contribution >= 0.6 is 11.6 Å². The largest absolute Gasteiger partial charge is 0.322 e. The molecular formula is C17H13ClN4O. The number of Topliss-reactive ketones (excluding diaryl/α,β-unsaturated/α-hetero) is 1. The lowest BCUT2D eigenvalue weighted by atomic mass is 9.84. The van der Waals surface area contributed by atoms with Gasteiger partial charge in [0.25, 0.3) is 0 Å². The fourth-order valence-corrected chi connectivity index (χ4v) is 4.16. The van der Waals surface area contributed by atoms with Crippen molar-refractivity contribution in [3.05, 3.63) is 59.3 Å². The maximum Gasteiger partial charge on any atom is 0.187 e. The summed E-state index contributed by atoms with van der Waals surface area (Å²) in [7, 11) is 0. The van der Waals surface area contributed by atoms with Gasteiger partial charge in [-0.2, -0.15) is 5.10 Å². The zero-order valence-electron chi connectivity index (χ0n) is 12.2. The zero-order chi connectivity index (χ0) is 15.6. The first-order valence-electron chi connectivity index (χ1n) is 7.62. The molecule has 5 rings (SSSR count). The molecule has 2 aromatic heterocycles. The number of hydrogen-bond donors (Lipinski definition) is 0. The van der Waals surface area contributed by atoms with Crippen LogP contribution in [0.15, 0.2) is 43.0 Å². The molecule has 3 aromatic rings. The standard InChI is InChI=1S/C17H13ClN4O/c18-13-7-20-22-6-5-12(17(23)16(13)22)15-11-4-2-1-3-10(11)14-8-19-9-21(14)15/h1-4,7-9,12,15H,5-6H2/t12-,15+/m0/s1. The fourth-order valence-electron chi connectivity index (χ4n) is 3.93. The number of ketones is 1. The first-order chi connectivity index (χ1) is 11.3. The second-order valence-electron chi connectivity index (χ2n) is 6.04. The van der Waals surface area contributed by atoms with E-state index in [-0.39, 0.29) is 17.7 Å². The van der Waals surface area contributed by atoms with E-state index >= 15 is 0 Å². The van der Waals surface area contributed by atoms with E-state index in [0.717, 1.165) is 17.7 Å². The molecule has 0 spiro atoms. The molecular weight excluding hydrogens is 312 g/mol.